The van der Waals surface area contributed by atoms with Gasteiger partial charge in [-0.05, 0) is 38.8 Å². The van der Waals surface area contributed by atoms with E-state index in [9.17, 15) is 5.11 Å². The van der Waals surface area contributed by atoms with Gasteiger partial charge in [0, 0.05) is 34.6 Å². The molecule has 1 spiro atoms. The summed E-state index contributed by atoms with van der Waals surface area (Å²) in [6, 6.07) is 7.77. The number of hydrogen-bond acceptors (Lipinski definition) is 3. The van der Waals surface area contributed by atoms with E-state index in [0.29, 0.717) is 13.2 Å². The SMILES string of the molecule is CC(C)(O)C#Cc1ccccc1C#CC1=CC23COC4(CCCCC4)OCC12C=C3Cl. The molecular formula is C27H27ClO3. The number of ether oxygens (including phenoxy) is 2. The van der Waals surface area contributed by atoms with Crippen LogP contribution >= 0.6 is 11.6 Å². The Bertz CT molecular complexity index is 1100. The molecule has 0 bridgehead atoms. The van der Waals surface area contributed by atoms with Crippen LogP contribution in [0.5, 0.6) is 0 Å². The van der Waals surface area contributed by atoms with Gasteiger partial charge < -0.3 is 14.6 Å². The van der Waals surface area contributed by atoms with Crippen LogP contribution in [0.1, 0.15) is 57.1 Å². The van der Waals surface area contributed by atoms with Crippen molar-refractivity contribution in [3.63, 3.8) is 0 Å². The molecule has 1 aliphatic heterocycles. The predicted octanol–water partition coefficient (Wildman–Crippen LogP) is 4.92. The third-order valence-corrected chi connectivity index (χ3v) is 7.42. The van der Waals surface area contributed by atoms with E-state index in [1.54, 1.807) is 13.8 Å². The molecule has 31 heavy (non-hydrogen) atoms. The van der Waals surface area contributed by atoms with E-state index in [0.717, 1.165) is 47.4 Å². The molecule has 1 aromatic rings. The van der Waals surface area contributed by atoms with E-state index >= 15 is 0 Å². The maximum atomic E-state index is 9.93. The van der Waals surface area contributed by atoms with Gasteiger partial charge in [0.15, 0.2) is 5.79 Å². The molecule has 1 N–H and O–H groups in total. The Balaban J connectivity index is 1.43. The Hall–Kier alpha value is -2.01. The van der Waals surface area contributed by atoms with Gasteiger partial charge in [0.1, 0.15) is 5.60 Å². The first-order valence-electron chi connectivity index (χ1n) is 11.0. The van der Waals surface area contributed by atoms with Crippen molar-refractivity contribution in [1.29, 1.82) is 0 Å². The molecule has 1 heterocycles. The summed E-state index contributed by atoms with van der Waals surface area (Å²) in [7, 11) is 0. The molecule has 1 saturated heterocycles. The van der Waals surface area contributed by atoms with Crippen LogP contribution in [0.25, 0.3) is 0 Å². The van der Waals surface area contributed by atoms with Gasteiger partial charge in [-0.3, -0.25) is 0 Å². The first-order valence-corrected chi connectivity index (χ1v) is 11.4. The molecular weight excluding hydrogens is 408 g/mol. The van der Waals surface area contributed by atoms with E-state index in [1.165, 1.54) is 6.42 Å². The second-order valence-electron chi connectivity index (χ2n) is 9.65. The van der Waals surface area contributed by atoms with Gasteiger partial charge in [-0.1, -0.05) is 66.0 Å². The Kier molecular flexibility index (Phi) is 4.89. The summed E-state index contributed by atoms with van der Waals surface area (Å²) in [6.07, 6.45) is 9.69. The monoisotopic (exact) mass is 434 g/mol. The second-order valence-corrected chi connectivity index (χ2v) is 10.1. The average molecular weight is 435 g/mol. The van der Waals surface area contributed by atoms with Crippen LogP contribution in [-0.2, 0) is 9.47 Å². The molecule has 2 fully saturated rings. The standard InChI is InChI=1S/C27H27ClO3/c1-24(2,29)15-12-21-9-5-4-8-20(21)10-11-22-16-26-19-31-27(13-6-3-7-14-27)30-18-25(22,26)17-23(26)28/h4-5,8-9,16-17,29H,3,6-7,13-14,18-19H2,1-2H3. The highest BCUT2D eigenvalue weighted by Gasteiger charge is 2.68. The quantitative estimate of drug-likeness (QED) is 0.589. The van der Waals surface area contributed by atoms with Gasteiger partial charge in [0.05, 0.1) is 24.0 Å². The zero-order valence-corrected chi connectivity index (χ0v) is 18.8. The topological polar surface area (TPSA) is 38.7 Å². The number of benzene rings is 1. The van der Waals surface area contributed by atoms with Gasteiger partial charge in [0.25, 0.3) is 0 Å². The molecule has 0 radical (unpaired) electrons. The molecule has 0 aromatic heterocycles. The van der Waals surface area contributed by atoms with Crippen LogP contribution in [0.4, 0.5) is 0 Å². The van der Waals surface area contributed by atoms with E-state index in [1.807, 2.05) is 24.3 Å². The van der Waals surface area contributed by atoms with Crippen molar-refractivity contribution in [1.82, 2.24) is 0 Å². The van der Waals surface area contributed by atoms with Crippen molar-refractivity contribution in [2.24, 2.45) is 10.8 Å². The highest BCUT2D eigenvalue weighted by molar-refractivity contribution is 6.32. The molecule has 160 valence electrons. The van der Waals surface area contributed by atoms with Gasteiger partial charge in [-0.15, -0.1) is 0 Å². The van der Waals surface area contributed by atoms with Gasteiger partial charge in [0.2, 0.25) is 0 Å². The maximum Gasteiger partial charge on any atom is 0.168 e. The zero-order chi connectivity index (χ0) is 21.7. The molecule has 5 rings (SSSR count). The lowest BCUT2D eigenvalue weighted by molar-refractivity contribution is -0.244. The summed E-state index contributed by atoms with van der Waals surface area (Å²) in [5, 5.41) is 10.8. The van der Waals surface area contributed by atoms with Crippen molar-refractivity contribution in [3.05, 3.63) is 58.1 Å². The van der Waals surface area contributed by atoms with Crippen molar-refractivity contribution in [2.45, 2.75) is 57.3 Å². The number of aliphatic hydroxyl groups is 1. The Morgan fingerprint density at radius 3 is 2.19 bits per heavy atom. The van der Waals surface area contributed by atoms with Crippen molar-refractivity contribution in [2.75, 3.05) is 13.2 Å². The van der Waals surface area contributed by atoms with E-state index < -0.39 is 11.4 Å². The fraction of sp³-hybridized carbons (Fsp3) is 0.481. The average Bonchev–Trinajstić information content (AvgIpc) is 2.79. The van der Waals surface area contributed by atoms with E-state index in [4.69, 9.17) is 21.1 Å². The molecule has 1 saturated carbocycles. The summed E-state index contributed by atoms with van der Waals surface area (Å²) in [5.41, 5.74) is 1.07. The van der Waals surface area contributed by atoms with E-state index in [2.05, 4.69) is 35.8 Å². The molecule has 3 aliphatic carbocycles. The van der Waals surface area contributed by atoms with Crippen molar-refractivity contribution >= 4 is 11.6 Å². The van der Waals surface area contributed by atoms with Crippen LogP contribution in [0, 0.1) is 34.5 Å². The molecule has 2 unspecified atom stereocenters. The molecule has 1 aromatic carbocycles. The number of rotatable bonds is 0. The summed E-state index contributed by atoms with van der Waals surface area (Å²) in [6.45, 7) is 4.46. The van der Waals surface area contributed by atoms with Gasteiger partial charge in [-0.25, -0.2) is 0 Å². The second kappa shape index (κ2) is 7.26. The van der Waals surface area contributed by atoms with Crippen LogP contribution < -0.4 is 0 Å². The molecule has 4 aliphatic rings. The zero-order valence-electron chi connectivity index (χ0n) is 18.1. The molecule has 4 heteroatoms. The lowest BCUT2D eigenvalue weighted by Crippen LogP contribution is -2.59. The van der Waals surface area contributed by atoms with E-state index in [-0.39, 0.29) is 10.8 Å². The smallest absolute Gasteiger partial charge is 0.168 e. The van der Waals surface area contributed by atoms with Crippen molar-refractivity contribution in [3.8, 4) is 23.7 Å². The number of hydrogen-bond donors (Lipinski definition) is 1. The maximum absolute atomic E-state index is 9.93. The molecule has 0 amide bonds. The predicted molar refractivity (Wildman–Crippen MR) is 121 cm³/mol. The van der Waals surface area contributed by atoms with Crippen molar-refractivity contribution < 1.29 is 14.6 Å². The summed E-state index contributed by atoms with van der Waals surface area (Å²) in [5.74, 6) is 12.1. The van der Waals surface area contributed by atoms with Crippen LogP contribution in [0.15, 0.2) is 47.0 Å². The van der Waals surface area contributed by atoms with Crippen LogP contribution in [0.3, 0.4) is 0 Å². The third kappa shape index (κ3) is 3.36. The summed E-state index contributed by atoms with van der Waals surface area (Å²) >= 11 is 6.59. The Morgan fingerprint density at radius 2 is 1.55 bits per heavy atom. The Morgan fingerprint density at radius 1 is 0.903 bits per heavy atom. The fourth-order valence-electron chi connectivity index (χ4n) is 5.03. The normalized spacial score (nSPS) is 30.5. The minimum absolute atomic E-state index is 0.286. The van der Waals surface area contributed by atoms with Crippen LogP contribution in [-0.4, -0.2) is 29.7 Å². The summed E-state index contributed by atoms with van der Waals surface area (Å²) in [4.78, 5) is 0. The first-order chi connectivity index (χ1) is 14.8. The highest BCUT2D eigenvalue weighted by atomic mass is 35.5. The highest BCUT2D eigenvalue weighted by Crippen LogP contribution is 2.70. The minimum Gasteiger partial charge on any atom is -0.378 e. The lowest BCUT2D eigenvalue weighted by Gasteiger charge is -2.59. The molecule has 2 atom stereocenters. The molecule has 3 nitrogen and oxygen atoms in total. The van der Waals surface area contributed by atoms with Crippen LogP contribution in [0.2, 0.25) is 0 Å². The van der Waals surface area contributed by atoms with Gasteiger partial charge >= 0.3 is 0 Å². The minimum atomic E-state index is -1.05. The first kappa shape index (κ1) is 20.9. The largest absolute Gasteiger partial charge is 0.378 e. The Labute approximate surface area is 189 Å². The number of halogens is 1. The third-order valence-electron chi connectivity index (χ3n) is 6.97. The fourth-order valence-corrected chi connectivity index (χ4v) is 5.49. The lowest BCUT2D eigenvalue weighted by atomic mass is 9.44. The van der Waals surface area contributed by atoms with Gasteiger partial charge in [-0.2, -0.15) is 0 Å². The summed E-state index contributed by atoms with van der Waals surface area (Å²) < 4.78 is 12.8.